The van der Waals surface area contributed by atoms with Gasteiger partial charge in [-0.2, -0.15) is 0 Å². The number of amides is 1. The number of nitrogens with zero attached hydrogens (tertiary/aromatic N) is 3. The summed E-state index contributed by atoms with van der Waals surface area (Å²) in [5.41, 5.74) is 1.49. The second-order valence-corrected chi connectivity index (χ2v) is 15.8. The number of hydrogen-bond donors (Lipinski definition) is 0. The van der Waals surface area contributed by atoms with Crippen molar-refractivity contribution in [3.63, 3.8) is 0 Å². The highest BCUT2D eigenvalue weighted by atomic mass is 32.1. The molecule has 2 aromatic rings. The lowest BCUT2D eigenvalue weighted by Gasteiger charge is -2.37. The predicted octanol–water partition coefficient (Wildman–Crippen LogP) is 4.90. The number of hydrogen-bond acceptors (Lipinski definition) is 6. The van der Waals surface area contributed by atoms with Gasteiger partial charge in [-0.05, 0) is 31.1 Å². The lowest BCUT2D eigenvalue weighted by molar-refractivity contribution is -0.116. The molecule has 0 radical (unpaired) electrons. The molecular formula is C24H34FN3O3SSi. The molecule has 0 aliphatic carbocycles. The van der Waals surface area contributed by atoms with Crippen molar-refractivity contribution in [3.05, 3.63) is 45.7 Å². The van der Waals surface area contributed by atoms with Crippen molar-refractivity contribution in [2.24, 2.45) is 0 Å². The van der Waals surface area contributed by atoms with E-state index in [1.807, 2.05) is 11.0 Å². The molecule has 0 bridgehead atoms. The number of ketones is 1. The first-order chi connectivity index (χ1) is 15.4. The molecule has 3 rings (SSSR count). The van der Waals surface area contributed by atoms with Crippen LogP contribution in [-0.2, 0) is 22.2 Å². The van der Waals surface area contributed by atoms with Gasteiger partial charge in [0.25, 0.3) is 5.91 Å². The first-order valence-electron chi connectivity index (χ1n) is 11.3. The number of halogens is 1. The maximum Gasteiger partial charge on any atom is 0.273 e. The molecule has 1 aromatic carbocycles. The normalized spacial score (nSPS) is 15.1. The van der Waals surface area contributed by atoms with Crippen molar-refractivity contribution in [1.29, 1.82) is 0 Å². The number of anilines is 1. The Balaban J connectivity index is 1.62. The van der Waals surface area contributed by atoms with Crippen LogP contribution in [0.15, 0.2) is 23.6 Å². The Kier molecular flexibility index (Phi) is 7.75. The Labute approximate surface area is 200 Å². The van der Waals surface area contributed by atoms with E-state index >= 15 is 4.39 Å². The minimum absolute atomic E-state index is 0.0240. The second-order valence-electron chi connectivity index (χ2n) is 10.1. The van der Waals surface area contributed by atoms with E-state index in [9.17, 15) is 9.59 Å². The molecule has 0 unspecified atom stereocenters. The summed E-state index contributed by atoms with van der Waals surface area (Å²) in [4.78, 5) is 32.1. The molecule has 0 N–H and O–H groups in total. The monoisotopic (exact) mass is 491 g/mol. The van der Waals surface area contributed by atoms with Crippen LogP contribution in [0.4, 0.5) is 10.1 Å². The molecule has 9 heteroatoms. The second kappa shape index (κ2) is 10.0. The molecule has 1 fully saturated rings. The van der Waals surface area contributed by atoms with Crippen LogP contribution in [0.1, 0.15) is 48.8 Å². The van der Waals surface area contributed by atoms with Gasteiger partial charge >= 0.3 is 0 Å². The summed E-state index contributed by atoms with van der Waals surface area (Å²) in [7, 11) is -1.98. The topological polar surface area (TPSA) is 62.7 Å². The van der Waals surface area contributed by atoms with Crippen molar-refractivity contribution >= 4 is 37.0 Å². The van der Waals surface area contributed by atoms with Gasteiger partial charge in [-0.15, -0.1) is 11.3 Å². The number of thiazole rings is 1. The van der Waals surface area contributed by atoms with Gasteiger partial charge < -0.3 is 14.2 Å². The third-order valence-electron chi connectivity index (χ3n) is 6.53. The van der Waals surface area contributed by atoms with E-state index < -0.39 is 8.32 Å². The largest absolute Gasteiger partial charge is 0.412 e. The first kappa shape index (κ1) is 25.5. The molecule has 0 atom stereocenters. The van der Waals surface area contributed by atoms with Crippen LogP contribution >= 0.6 is 11.3 Å². The summed E-state index contributed by atoms with van der Waals surface area (Å²) in [6.45, 7) is 14.7. The van der Waals surface area contributed by atoms with Crippen LogP contribution in [-0.4, -0.2) is 56.1 Å². The van der Waals surface area contributed by atoms with Gasteiger partial charge in [-0.25, -0.2) is 9.37 Å². The van der Waals surface area contributed by atoms with Crippen LogP contribution in [0, 0.1) is 5.82 Å². The Hall–Kier alpha value is -2.10. The summed E-state index contributed by atoms with van der Waals surface area (Å²) in [6.07, 6.45) is 0.250. The number of rotatable bonds is 7. The third-order valence-corrected chi connectivity index (χ3v) is 11.9. The number of carbonyl (C=O) groups is 2. The molecule has 0 saturated carbocycles. The minimum Gasteiger partial charge on any atom is -0.412 e. The molecule has 0 spiro atoms. The predicted molar refractivity (Wildman–Crippen MR) is 133 cm³/mol. The lowest BCUT2D eigenvalue weighted by Crippen LogP contribution is -2.49. The third kappa shape index (κ3) is 6.07. The first-order valence-corrected chi connectivity index (χ1v) is 15.1. The maximum atomic E-state index is 15.3. The summed E-state index contributed by atoms with van der Waals surface area (Å²) < 4.78 is 21.6. The van der Waals surface area contributed by atoms with Crippen molar-refractivity contribution in [2.75, 3.05) is 31.1 Å². The molecule has 6 nitrogen and oxygen atoms in total. The van der Waals surface area contributed by atoms with E-state index in [1.54, 1.807) is 22.4 Å². The van der Waals surface area contributed by atoms with Gasteiger partial charge in [-0.1, -0.05) is 32.9 Å². The fraction of sp³-hybridized carbons (Fsp3) is 0.542. The quantitative estimate of drug-likeness (QED) is 0.516. The highest BCUT2D eigenvalue weighted by Gasteiger charge is 2.37. The molecular weight excluding hydrogens is 457 g/mol. The van der Waals surface area contributed by atoms with E-state index in [0.29, 0.717) is 48.1 Å². The summed E-state index contributed by atoms with van der Waals surface area (Å²) >= 11 is 1.33. The fourth-order valence-corrected chi connectivity index (χ4v) is 5.20. The van der Waals surface area contributed by atoms with Gasteiger partial charge in [0.15, 0.2) is 14.1 Å². The Morgan fingerprint density at radius 3 is 2.45 bits per heavy atom. The van der Waals surface area contributed by atoms with Gasteiger partial charge in [0.1, 0.15) is 16.5 Å². The minimum atomic E-state index is -1.98. The summed E-state index contributed by atoms with van der Waals surface area (Å²) in [6, 6.07) is 5.44. The maximum absolute atomic E-state index is 15.3. The number of carbonyl (C=O) groups excluding carboxylic acids is 2. The highest BCUT2D eigenvalue weighted by Crippen LogP contribution is 2.37. The molecule has 2 heterocycles. The van der Waals surface area contributed by atoms with E-state index in [4.69, 9.17) is 4.43 Å². The van der Waals surface area contributed by atoms with Gasteiger partial charge in [0.2, 0.25) is 0 Å². The van der Waals surface area contributed by atoms with Crippen molar-refractivity contribution in [1.82, 2.24) is 9.88 Å². The van der Waals surface area contributed by atoms with Crippen LogP contribution in [0.5, 0.6) is 0 Å². The zero-order valence-corrected chi connectivity index (χ0v) is 22.2. The molecule has 1 aromatic heterocycles. The van der Waals surface area contributed by atoms with E-state index in [1.165, 1.54) is 18.3 Å². The SMILES string of the molecule is CC(=O)Cc1nc(C(=O)N2CCN(c3cccc(CO[Si](C)(C)C(C)(C)C)c3F)CC2)cs1. The van der Waals surface area contributed by atoms with Gasteiger partial charge in [0.05, 0.1) is 18.7 Å². The number of piperazine rings is 1. The van der Waals surface area contributed by atoms with Crippen molar-refractivity contribution in [3.8, 4) is 0 Å². The van der Waals surface area contributed by atoms with Gasteiger partial charge in [0, 0.05) is 37.1 Å². The standard InChI is InChI=1S/C24H34FN3O3SSi/c1-17(29)14-21-26-19(16-32-21)23(30)28-12-10-27(11-13-28)20-9-7-8-18(22(20)25)15-31-33(5,6)24(2,3)4/h7-9,16H,10-15H2,1-6H3. The molecule has 1 amide bonds. The van der Waals surface area contributed by atoms with Crippen LogP contribution in [0.3, 0.4) is 0 Å². The zero-order valence-electron chi connectivity index (χ0n) is 20.4. The average molecular weight is 492 g/mol. The van der Waals surface area contributed by atoms with Crippen LogP contribution in [0.2, 0.25) is 18.1 Å². The van der Waals surface area contributed by atoms with Gasteiger partial charge in [-0.3, -0.25) is 9.59 Å². The molecule has 33 heavy (non-hydrogen) atoms. The lowest BCUT2D eigenvalue weighted by atomic mass is 10.1. The number of Topliss-reactive ketones (excluding diaryl/α,β-unsaturated/α-hetero) is 1. The summed E-state index contributed by atoms with van der Waals surface area (Å²) in [5, 5.41) is 2.43. The Bertz CT molecular complexity index is 1010. The summed E-state index contributed by atoms with van der Waals surface area (Å²) in [5.74, 6) is -0.363. The van der Waals surface area contributed by atoms with Crippen LogP contribution < -0.4 is 4.90 Å². The van der Waals surface area contributed by atoms with Crippen molar-refractivity contribution < 1.29 is 18.4 Å². The fourth-order valence-electron chi connectivity index (χ4n) is 3.41. The van der Waals surface area contributed by atoms with E-state index in [2.05, 4.69) is 38.8 Å². The van der Waals surface area contributed by atoms with Crippen molar-refractivity contribution in [2.45, 2.75) is 58.9 Å². The zero-order chi connectivity index (χ0) is 24.4. The Morgan fingerprint density at radius 1 is 1.18 bits per heavy atom. The highest BCUT2D eigenvalue weighted by molar-refractivity contribution is 7.09. The molecule has 180 valence electrons. The average Bonchev–Trinajstić information content (AvgIpc) is 3.19. The Morgan fingerprint density at radius 2 is 1.85 bits per heavy atom. The smallest absolute Gasteiger partial charge is 0.273 e. The molecule has 1 aliphatic heterocycles. The molecule has 1 aliphatic rings. The number of aromatic nitrogens is 1. The molecule has 1 saturated heterocycles. The van der Waals surface area contributed by atoms with E-state index in [-0.39, 0.29) is 35.6 Å². The number of benzene rings is 1. The van der Waals surface area contributed by atoms with E-state index in [0.717, 1.165) is 0 Å². The van der Waals surface area contributed by atoms with Crippen LogP contribution in [0.25, 0.3) is 0 Å².